The topological polar surface area (TPSA) is 77.0 Å². The van der Waals surface area contributed by atoms with E-state index in [1.54, 1.807) is 0 Å². The van der Waals surface area contributed by atoms with Crippen LogP contribution < -0.4 is 11.1 Å². The zero-order valence-corrected chi connectivity index (χ0v) is 9.00. The van der Waals surface area contributed by atoms with Gasteiger partial charge >= 0.3 is 6.01 Å². The Balaban J connectivity index is 2.51. The molecule has 3 N–H and O–H groups in total. The molecule has 1 aromatic heterocycles. The summed E-state index contributed by atoms with van der Waals surface area (Å²) in [6, 6.07) is 0.475. The van der Waals surface area contributed by atoms with Gasteiger partial charge in [-0.2, -0.15) is 4.98 Å². The summed E-state index contributed by atoms with van der Waals surface area (Å²) in [5, 5.41) is 6.90. The molecule has 0 spiro atoms. The van der Waals surface area contributed by atoms with Gasteiger partial charge in [0.25, 0.3) is 0 Å². The molecular weight excluding hydrogens is 180 g/mol. The minimum atomic E-state index is -0.0721. The zero-order chi connectivity index (χ0) is 10.6. The van der Waals surface area contributed by atoms with Gasteiger partial charge in [0.2, 0.25) is 0 Å². The largest absolute Gasteiger partial charge is 0.338 e. The van der Waals surface area contributed by atoms with E-state index in [2.05, 4.69) is 15.5 Å². The van der Waals surface area contributed by atoms with Crippen molar-refractivity contribution in [3.8, 4) is 0 Å². The Hall–Kier alpha value is -1.10. The van der Waals surface area contributed by atoms with Crippen molar-refractivity contribution in [3.05, 3.63) is 5.82 Å². The fourth-order valence-corrected chi connectivity index (χ4v) is 0.897. The van der Waals surface area contributed by atoms with E-state index in [0.717, 1.165) is 13.0 Å². The maximum atomic E-state index is 5.36. The standard InChI is InChI=1S/C9H18N4O/c1-9(2,3)7-12-8(14-13-7)11-6-4-5-10/h4-6,10H2,1-3H3,(H,11,12,13). The van der Waals surface area contributed by atoms with Crippen molar-refractivity contribution in [2.45, 2.75) is 32.6 Å². The molecule has 0 atom stereocenters. The monoisotopic (exact) mass is 198 g/mol. The van der Waals surface area contributed by atoms with E-state index in [1.165, 1.54) is 0 Å². The van der Waals surface area contributed by atoms with Crippen LogP contribution in [0.15, 0.2) is 4.52 Å². The highest BCUT2D eigenvalue weighted by Crippen LogP contribution is 2.19. The molecule has 5 heteroatoms. The van der Waals surface area contributed by atoms with Gasteiger partial charge in [-0.15, -0.1) is 0 Å². The van der Waals surface area contributed by atoms with Crippen LogP contribution in [-0.4, -0.2) is 23.2 Å². The summed E-state index contributed by atoms with van der Waals surface area (Å²) in [5.74, 6) is 0.716. The first-order valence-corrected chi connectivity index (χ1v) is 4.82. The lowest BCUT2D eigenvalue weighted by molar-refractivity contribution is 0.402. The number of anilines is 1. The van der Waals surface area contributed by atoms with Crippen LogP contribution in [0.25, 0.3) is 0 Å². The molecule has 0 radical (unpaired) electrons. The van der Waals surface area contributed by atoms with E-state index in [9.17, 15) is 0 Å². The lowest BCUT2D eigenvalue weighted by Crippen LogP contribution is -2.13. The molecule has 0 aliphatic carbocycles. The number of hydrogen-bond acceptors (Lipinski definition) is 5. The third-order valence-corrected chi connectivity index (χ3v) is 1.75. The molecule has 1 heterocycles. The molecule has 0 saturated heterocycles. The first-order valence-electron chi connectivity index (χ1n) is 4.82. The Morgan fingerprint density at radius 3 is 2.64 bits per heavy atom. The molecule has 0 unspecified atom stereocenters. The number of nitrogens with one attached hydrogen (secondary N) is 1. The van der Waals surface area contributed by atoms with E-state index < -0.39 is 0 Å². The minimum Gasteiger partial charge on any atom is -0.338 e. The molecule has 1 aromatic rings. The first kappa shape index (κ1) is 11.0. The van der Waals surface area contributed by atoms with Gasteiger partial charge in [-0.3, -0.25) is 0 Å². The van der Waals surface area contributed by atoms with Crippen LogP contribution in [0.5, 0.6) is 0 Å². The van der Waals surface area contributed by atoms with Crippen LogP contribution in [0.2, 0.25) is 0 Å². The lowest BCUT2D eigenvalue weighted by Gasteiger charge is -2.10. The van der Waals surface area contributed by atoms with Gasteiger partial charge in [0.05, 0.1) is 0 Å². The highest BCUT2D eigenvalue weighted by Gasteiger charge is 2.20. The highest BCUT2D eigenvalue weighted by atomic mass is 16.5. The third kappa shape index (κ3) is 2.99. The molecule has 0 aliphatic heterocycles. The molecule has 80 valence electrons. The normalized spacial score (nSPS) is 11.7. The predicted octanol–water partition coefficient (Wildman–Crippen LogP) is 1.13. The molecule has 5 nitrogen and oxygen atoms in total. The summed E-state index contributed by atoms with van der Waals surface area (Å²) in [6.07, 6.45) is 0.896. The molecule has 0 saturated carbocycles. The second kappa shape index (κ2) is 4.41. The van der Waals surface area contributed by atoms with Crippen molar-refractivity contribution in [1.82, 2.24) is 10.1 Å². The summed E-state index contributed by atoms with van der Waals surface area (Å²) in [6.45, 7) is 7.56. The summed E-state index contributed by atoms with van der Waals surface area (Å²) in [4.78, 5) is 4.22. The van der Waals surface area contributed by atoms with E-state index in [-0.39, 0.29) is 5.41 Å². The Labute approximate surface area is 84.1 Å². The van der Waals surface area contributed by atoms with Crippen molar-refractivity contribution in [3.63, 3.8) is 0 Å². The average Bonchev–Trinajstić information content (AvgIpc) is 2.52. The third-order valence-electron chi connectivity index (χ3n) is 1.75. The zero-order valence-electron chi connectivity index (χ0n) is 9.00. The lowest BCUT2D eigenvalue weighted by atomic mass is 9.96. The van der Waals surface area contributed by atoms with Gasteiger partial charge in [0.1, 0.15) is 0 Å². The second-order valence-electron chi connectivity index (χ2n) is 4.24. The van der Waals surface area contributed by atoms with Gasteiger partial charge < -0.3 is 15.6 Å². The van der Waals surface area contributed by atoms with Gasteiger partial charge in [-0.05, 0) is 13.0 Å². The molecule has 0 amide bonds. The van der Waals surface area contributed by atoms with Crippen LogP contribution in [0.1, 0.15) is 33.0 Å². The summed E-state index contributed by atoms with van der Waals surface area (Å²) in [5.41, 5.74) is 5.29. The number of rotatable bonds is 4. The van der Waals surface area contributed by atoms with Crippen LogP contribution >= 0.6 is 0 Å². The number of nitrogens with zero attached hydrogens (tertiary/aromatic N) is 2. The van der Waals surface area contributed by atoms with Gasteiger partial charge in [-0.25, -0.2) is 0 Å². The predicted molar refractivity (Wildman–Crippen MR) is 55.2 cm³/mol. The Morgan fingerprint density at radius 1 is 1.43 bits per heavy atom. The van der Waals surface area contributed by atoms with Crippen LogP contribution in [-0.2, 0) is 5.41 Å². The molecule has 0 bridgehead atoms. The van der Waals surface area contributed by atoms with E-state index >= 15 is 0 Å². The fraction of sp³-hybridized carbons (Fsp3) is 0.778. The Morgan fingerprint density at radius 2 is 2.14 bits per heavy atom. The van der Waals surface area contributed by atoms with Crippen molar-refractivity contribution < 1.29 is 4.52 Å². The van der Waals surface area contributed by atoms with Crippen LogP contribution in [0, 0.1) is 0 Å². The van der Waals surface area contributed by atoms with Crippen molar-refractivity contribution in [1.29, 1.82) is 0 Å². The summed E-state index contributed by atoms with van der Waals surface area (Å²) >= 11 is 0. The Kier molecular flexibility index (Phi) is 3.46. The van der Waals surface area contributed by atoms with E-state index in [0.29, 0.717) is 18.4 Å². The molecular formula is C9H18N4O. The maximum absolute atomic E-state index is 5.36. The van der Waals surface area contributed by atoms with Gasteiger partial charge in [0.15, 0.2) is 5.82 Å². The molecule has 0 fully saturated rings. The van der Waals surface area contributed by atoms with Gasteiger partial charge in [0, 0.05) is 12.0 Å². The number of aromatic nitrogens is 2. The molecule has 14 heavy (non-hydrogen) atoms. The van der Waals surface area contributed by atoms with Crippen molar-refractivity contribution >= 4 is 6.01 Å². The highest BCUT2D eigenvalue weighted by molar-refractivity contribution is 5.19. The minimum absolute atomic E-state index is 0.0721. The average molecular weight is 198 g/mol. The van der Waals surface area contributed by atoms with Crippen molar-refractivity contribution in [2.75, 3.05) is 18.4 Å². The van der Waals surface area contributed by atoms with Crippen LogP contribution in [0.3, 0.4) is 0 Å². The maximum Gasteiger partial charge on any atom is 0.321 e. The van der Waals surface area contributed by atoms with E-state index in [4.69, 9.17) is 10.3 Å². The van der Waals surface area contributed by atoms with E-state index in [1.807, 2.05) is 20.8 Å². The second-order valence-corrected chi connectivity index (χ2v) is 4.24. The smallest absolute Gasteiger partial charge is 0.321 e. The molecule has 0 aliphatic rings. The number of nitrogens with two attached hydrogens (primary N) is 1. The molecule has 0 aromatic carbocycles. The molecule has 1 rings (SSSR count). The SMILES string of the molecule is CC(C)(C)c1noc(NCCCN)n1. The summed E-state index contributed by atoms with van der Waals surface area (Å²) < 4.78 is 5.02. The Bertz CT molecular complexity index is 277. The summed E-state index contributed by atoms with van der Waals surface area (Å²) in [7, 11) is 0. The van der Waals surface area contributed by atoms with Crippen LogP contribution in [0.4, 0.5) is 6.01 Å². The van der Waals surface area contributed by atoms with Crippen molar-refractivity contribution in [2.24, 2.45) is 5.73 Å². The first-order chi connectivity index (χ1) is 6.54. The van der Waals surface area contributed by atoms with Gasteiger partial charge in [-0.1, -0.05) is 25.9 Å². The quantitative estimate of drug-likeness (QED) is 0.709. The number of hydrogen-bond donors (Lipinski definition) is 2. The fourth-order valence-electron chi connectivity index (χ4n) is 0.897.